The maximum atomic E-state index is 12.8. The average molecular weight is 337 g/mol. The van der Waals surface area contributed by atoms with Gasteiger partial charge in [-0.05, 0) is 24.6 Å². The van der Waals surface area contributed by atoms with E-state index in [1.165, 1.54) is 0 Å². The molecule has 0 aromatic heterocycles. The van der Waals surface area contributed by atoms with E-state index in [2.05, 4.69) is 16.3 Å². The van der Waals surface area contributed by atoms with Gasteiger partial charge in [0.25, 0.3) is 5.91 Å². The highest BCUT2D eigenvalue weighted by atomic mass is 16.5. The summed E-state index contributed by atoms with van der Waals surface area (Å²) in [7, 11) is 0. The van der Waals surface area contributed by atoms with Crippen LogP contribution in [0.15, 0.2) is 48.5 Å². The first-order valence-electron chi connectivity index (χ1n) is 8.84. The fraction of sp³-hybridized carbons (Fsp3) is 0.350. The molecule has 0 unspecified atom stereocenters. The van der Waals surface area contributed by atoms with Gasteiger partial charge in [0, 0.05) is 26.2 Å². The quantitative estimate of drug-likeness (QED) is 0.934. The second-order valence-electron chi connectivity index (χ2n) is 6.53. The summed E-state index contributed by atoms with van der Waals surface area (Å²) in [6, 6.07) is 16.2. The van der Waals surface area contributed by atoms with Gasteiger partial charge < -0.3 is 19.9 Å². The van der Waals surface area contributed by atoms with Crippen molar-refractivity contribution in [3.8, 4) is 5.75 Å². The number of amides is 1. The van der Waals surface area contributed by atoms with E-state index in [1.807, 2.05) is 54.3 Å². The Labute approximate surface area is 148 Å². The van der Waals surface area contributed by atoms with Gasteiger partial charge in [0.05, 0.1) is 17.9 Å². The zero-order valence-electron chi connectivity index (χ0n) is 14.4. The Bertz CT molecular complexity index is 757. The van der Waals surface area contributed by atoms with Crippen molar-refractivity contribution in [1.82, 2.24) is 5.32 Å². The molecular formula is C20H23N3O2. The number of hydrogen-bond acceptors (Lipinski definition) is 4. The monoisotopic (exact) mass is 337 g/mol. The zero-order chi connectivity index (χ0) is 17.2. The van der Waals surface area contributed by atoms with Gasteiger partial charge in [-0.25, -0.2) is 0 Å². The van der Waals surface area contributed by atoms with Crippen LogP contribution in [0.3, 0.4) is 0 Å². The lowest BCUT2D eigenvalue weighted by Gasteiger charge is -2.37. The lowest BCUT2D eigenvalue weighted by Crippen LogP contribution is -2.46. The number of fused-ring (bicyclic) bond motifs is 1. The van der Waals surface area contributed by atoms with Crippen LogP contribution in [-0.4, -0.2) is 38.2 Å². The van der Waals surface area contributed by atoms with Gasteiger partial charge in [-0.3, -0.25) is 4.79 Å². The van der Waals surface area contributed by atoms with Crippen LogP contribution in [0, 0.1) is 0 Å². The first-order valence-corrected chi connectivity index (χ1v) is 8.84. The highest BCUT2D eigenvalue weighted by Gasteiger charge is 2.34. The Hall–Kier alpha value is -2.53. The summed E-state index contributed by atoms with van der Waals surface area (Å²) in [4.78, 5) is 16.9. The Morgan fingerprint density at radius 1 is 1.04 bits per heavy atom. The third-order valence-electron chi connectivity index (χ3n) is 4.81. The van der Waals surface area contributed by atoms with Gasteiger partial charge in [0.15, 0.2) is 11.9 Å². The first kappa shape index (κ1) is 16.0. The van der Waals surface area contributed by atoms with E-state index in [9.17, 15) is 4.79 Å². The van der Waals surface area contributed by atoms with Crippen molar-refractivity contribution in [3.63, 3.8) is 0 Å². The third kappa shape index (κ3) is 3.07. The molecule has 2 heterocycles. The number of hydrogen-bond donors (Lipinski definition) is 1. The van der Waals surface area contributed by atoms with Crippen LogP contribution in [0.2, 0.25) is 0 Å². The number of rotatable bonds is 3. The number of carbonyl (C=O) groups excluding carboxylic acids is 1. The summed E-state index contributed by atoms with van der Waals surface area (Å²) in [6.45, 7) is 6.21. The van der Waals surface area contributed by atoms with Crippen molar-refractivity contribution in [3.05, 3.63) is 54.1 Å². The molecule has 5 nitrogen and oxygen atoms in total. The van der Waals surface area contributed by atoms with E-state index in [-0.39, 0.29) is 5.91 Å². The summed E-state index contributed by atoms with van der Waals surface area (Å²) >= 11 is 0. The fourth-order valence-corrected chi connectivity index (χ4v) is 3.50. The van der Waals surface area contributed by atoms with Crippen LogP contribution < -0.4 is 19.9 Å². The Morgan fingerprint density at radius 3 is 2.52 bits per heavy atom. The third-order valence-corrected chi connectivity index (χ3v) is 4.81. The van der Waals surface area contributed by atoms with Gasteiger partial charge in [-0.2, -0.15) is 0 Å². The molecule has 2 aromatic carbocycles. The molecule has 0 bridgehead atoms. The molecule has 1 saturated heterocycles. The molecule has 0 spiro atoms. The van der Waals surface area contributed by atoms with Gasteiger partial charge in [-0.15, -0.1) is 0 Å². The molecule has 25 heavy (non-hydrogen) atoms. The van der Waals surface area contributed by atoms with Crippen molar-refractivity contribution in [2.75, 3.05) is 36.0 Å². The summed E-state index contributed by atoms with van der Waals surface area (Å²) in [5, 5.41) is 3.37. The number of carbonyl (C=O) groups is 1. The molecule has 4 rings (SSSR count). The normalized spacial score (nSPS) is 20.2. The van der Waals surface area contributed by atoms with E-state index in [1.54, 1.807) is 0 Å². The number of nitrogens with zero attached hydrogens (tertiary/aromatic N) is 2. The molecule has 0 saturated carbocycles. The Kier molecular flexibility index (Phi) is 4.32. The van der Waals surface area contributed by atoms with Crippen molar-refractivity contribution in [1.29, 1.82) is 0 Å². The predicted molar refractivity (Wildman–Crippen MR) is 99.2 cm³/mol. The molecule has 1 amide bonds. The number of para-hydroxylation sites is 1. The molecule has 1 atom stereocenters. The Morgan fingerprint density at radius 2 is 1.76 bits per heavy atom. The van der Waals surface area contributed by atoms with E-state index < -0.39 is 6.10 Å². The predicted octanol–water partition coefficient (Wildman–Crippen LogP) is 2.41. The lowest BCUT2D eigenvalue weighted by molar-refractivity contribution is -0.125. The van der Waals surface area contributed by atoms with Gasteiger partial charge in [0.2, 0.25) is 0 Å². The first-order chi connectivity index (χ1) is 12.2. The van der Waals surface area contributed by atoms with Gasteiger partial charge in [-0.1, -0.05) is 36.4 Å². The van der Waals surface area contributed by atoms with E-state index in [0.717, 1.165) is 48.9 Å². The largest absolute Gasteiger partial charge is 0.476 e. The number of anilines is 2. The summed E-state index contributed by atoms with van der Waals surface area (Å²) < 4.78 is 6.04. The summed E-state index contributed by atoms with van der Waals surface area (Å²) in [6.07, 6.45) is -0.472. The molecule has 5 heteroatoms. The summed E-state index contributed by atoms with van der Waals surface area (Å²) in [5.41, 5.74) is 3.06. The van der Waals surface area contributed by atoms with Crippen molar-refractivity contribution in [2.45, 2.75) is 19.6 Å². The highest BCUT2D eigenvalue weighted by molar-refractivity contribution is 6.01. The molecule has 2 aliphatic rings. The maximum Gasteiger partial charge on any atom is 0.268 e. The van der Waals surface area contributed by atoms with E-state index in [0.29, 0.717) is 6.54 Å². The van der Waals surface area contributed by atoms with Gasteiger partial charge >= 0.3 is 0 Å². The van der Waals surface area contributed by atoms with Crippen molar-refractivity contribution >= 4 is 17.3 Å². The van der Waals surface area contributed by atoms with Crippen molar-refractivity contribution < 1.29 is 9.53 Å². The molecule has 0 aliphatic carbocycles. The minimum absolute atomic E-state index is 0.00816. The van der Waals surface area contributed by atoms with Crippen LogP contribution in [0.4, 0.5) is 11.4 Å². The maximum absolute atomic E-state index is 12.8. The number of piperazine rings is 1. The molecule has 1 N–H and O–H groups in total. The van der Waals surface area contributed by atoms with Gasteiger partial charge in [0.1, 0.15) is 0 Å². The van der Waals surface area contributed by atoms with Crippen LogP contribution in [0.25, 0.3) is 0 Å². The van der Waals surface area contributed by atoms with E-state index in [4.69, 9.17) is 4.74 Å². The number of ether oxygens (including phenoxy) is 1. The van der Waals surface area contributed by atoms with Crippen LogP contribution in [0.5, 0.6) is 5.75 Å². The number of nitrogens with one attached hydrogen (secondary N) is 1. The van der Waals surface area contributed by atoms with Crippen molar-refractivity contribution in [2.24, 2.45) is 0 Å². The summed E-state index contributed by atoms with van der Waals surface area (Å²) in [5.74, 6) is 0.834. The molecule has 1 fully saturated rings. The fourth-order valence-electron chi connectivity index (χ4n) is 3.50. The minimum atomic E-state index is -0.472. The number of benzene rings is 2. The smallest absolute Gasteiger partial charge is 0.268 e. The average Bonchev–Trinajstić information content (AvgIpc) is 2.66. The SMILES string of the molecule is C[C@H]1Oc2c(N3CCNCC3)cccc2N(Cc2ccccc2)C1=O. The standard InChI is InChI=1S/C20H23N3O2/c1-15-20(24)23(14-16-6-3-2-4-7-16)18-9-5-8-17(19(18)25-15)22-12-10-21-11-13-22/h2-9,15,21H,10-14H2,1H3/t15-/m1/s1. The van der Waals surface area contributed by atoms with E-state index >= 15 is 0 Å². The molecule has 2 aromatic rings. The molecular weight excluding hydrogens is 314 g/mol. The minimum Gasteiger partial charge on any atom is -0.476 e. The topological polar surface area (TPSA) is 44.8 Å². The molecule has 130 valence electrons. The van der Waals surface area contributed by atoms with Crippen LogP contribution in [0.1, 0.15) is 12.5 Å². The molecule has 0 radical (unpaired) electrons. The lowest BCUT2D eigenvalue weighted by atomic mass is 10.1. The second kappa shape index (κ2) is 6.76. The molecule has 2 aliphatic heterocycles. The van der Waals surface area contributed by atoms with Crippen LogP contribution in [-0.2, 0) is 11.3 Å². The zero-order valence-corrected chi connectivity index (χ0v) is 14.4. The second-order valence-corrected chi connectivity index (χ2v) is 6.53. The Balaban J connectivity index is 1.72. The van der Waals surface area contributed by atoms with Crippen LogP contribution >= 0.6 is 0 Å². The highest BCUT2D eigenvalue weighted by Crippen LogP contribution is 2.42.